The first-order valence-corrected chi connectivity index (χ1v) is 6.52. The maximum Gasteiger partial charge on any atom is 0.331 e. The lowest BCUT2D eigenvalue weighted by Crippen LogP contribution is -2.42. The standard InChI is InChI=1S/C14H17N3O2/c1-9-3-4-11-12(7-9)16(2)14(19)17(13(11)18)10-5-6-15-8-10/h3-4,7,10,15H,5-6,8H2,1-2H3. The molecule has 0 radical (unpaired) electrons. The highest BCUT2D eigenvalue weighted by atomic mass is 16.2. The summed E-state index contributed by atoms with van der Waals surface area (Å²) in [6.45, 7) is 3.50. The van der Waals surface area contributed by atoms with Crippen molar-refractivity contribution in [2.24, 2.45) is 7.05 Å². The number of hydrogen-bond acceptors (Lipinski definition) is 3. The number of aryl methyl sites for hydroxylation is 2. The van der Waals surface area contributed by atoms with E-state index in [9.17, 15) is 9.59 Å². The Hall–Kier alpha value is -1.88. The van der Waals surface area contributed by atoms with Gasteiger partial charge in [0.05, 0.1) is 16.9 Å². The molecule has 0 amide bonds. The van der Waals surface area contributed by atoms with E-state index in [0.717, 1.165) is 18.5 Å². The number of fused-ring (bicyclic) bond motifs is 1. The molecule has 19 heavy (non-hydrogen) atoms. The summed E-state index contributed by atoms with van der Waals surface area (Å²) in [5, 5.41) is 3.80. The molecule has 1 aromatic heterocycles. The molecule has 0 spiro atoms. The Balaban J connectivity index is 2.38. The van der Waals surface area contributed by atoms with Crippen molar-refractivity contribution in [1.29, 1.82) is 0 Å². The van der Waals surface area contributed by atoms with Crippen LogP contribution in [0.5, 0.6) is 0 Å². The predicted octanol–water partition coefficient (Wildman–Crippen LogP) is 0.543. The molecule has 5 nitrogen and oxygen atoms in total. The Morgan fingerprint density at radius 2 is 2.11 bits per heavy atom. The van der Waals surface area contributed by atoms with Crippen LogP contribution in [0.25, 0.3) is 10.9 Å². The van der Waals surface area contributed by atoms with Gasteiger partial charge in [-0.15, -0.1) is 0 Å². The largest absolute Gasteiger partial charge is 0.331 e. The lowest BCUT2D eigenvalue weighted by atomic mass is 10.1. The molecule has 1 aromatic carbocycles. The van der Waals surface area contributed by atoms with Crippen LogP contribution in [0.3, 0.4) is 0 Å². The molecule has 1 aliphatic heterocycles. The van der Waals surface area contributed by atoms with Crippen molar-refractivity contribution < 1.29 is 0 Å². The van der Waals surface area contributed by atoms with Gasteiger partial charge in [0.25, 0.3) is 5.56 Å². The van der Waals surface area contributed by atoms with Crippen LogP contribution in [0, 0.1) is 6.92 Å². The number of nitrogens with one attached hydrogen (secondary N) is 1. The van der Waals surface area contributed by atoms with Gasteiger partial charge in [-0.05, 0) is 37.6 Å². The third-order valence-corrected chi connectivity index (χ3v) is 3.86. The number of aromatic nitrogens is 2. The van der Waals surface area contributed by atoms with Crippen molar-refractivity contribution in [2.45, 2.75) is 19.4 Å². The number of rotatable bonds is 1. The molecule has 1 saturated heterocycles. The van der Waals surface area contributed by atoms with E-state index in [1.54, 1.807) is 11.6 Å². The van der Waals surface area contributed by atoms with Crippen LogP contribution in [-0.2, 0) is 7.05 Å². The van der Waals surface area contributed by atoms with Gasteiger partial charge in [0.15, 0.2) is 0 Å². The second kappa shape index (κ2) is 4.35. The second-order valence-corrected chi connectivity index (χ2v) is 5.18. The van der Waals surface area contributed by atoms with Crippen molar-refractivity contribution in [3.05, 3.63) is 44.6 Å². The Morgan fingerprint density at radius 1 is 1.32 bits per heavy atom. The van der Waals surface area contributed by atoms with Gasteiger partial charge in [0.1, 0.15) is 0 Å². The fourth-order valence-corrected chi connectivity index (χ4v) is 2.76. The van der Waals surface area contributed by atoms with E-state index >= 15 is 0 Å². The first-order valence-electron chi connectivity index (χ1n) is 6.52. The number of nitrogens with zero attached hydrogens (tertiary/aromatic N) is 2. The first kappa shape index (κ1) is 12.2. The van der Waals surface area contributed by atoms with E-state index in [2.05, 4.69) is 5.32 Å². The SMILES string of the molecule is Cc1ccc2c(=O)n(C3CCNC3)c(=O)n(C)c2c1. The lowest BCUT2D eigenvalue weighted by molar-refractivity contribution is 0.493. The summed E-state index contributed by atoms with van der Waals surface area (Å²) in [5.41, 5.74) is 1.35. The van der Waals surface area contributed by atoms with E-state index < -0.39 is 0 Å². The monoisotopic (exact) mass is 259 g/mol. The molecule has 100 valence electrons. The van der Waals surface area contributed by atoms with Crippen molar-refractivity contribution in [1.82, 2.24) is 14.5 Å². The fraction of sp³-hybridized carbons (Fsp3) is 0.429. The van der Waals surface area contributed by atoms with Crippen molar-refractivity contribution >= 4 is 10.9 Å². The fourth-order valence-electron chi connectivity index (χ4n) is 2.76. The summed E-state index contributed by atoms with van der Waals surface area (Å²) in [5.74, 6) is 0. The molecular formula is C14H17N3O2. The predicted molar refractivity (Wildman–Crippen MR) is 74.7 cm³/mol. The molecule has 1 aliphatic rings. The molecule has 0 saturated carbocycles. The molecule has 3 rings (SSSR count). The van der Waals surface area contributed by atoms with Crippen LogP contribution < -0.4 is 16.6 Å². The average Bonchev–Trinajstić information content (AvgIpc) is 2.90. The highest BCUT2D eigenvalue weighted by molar-refractivity contribution is 5.78. The van der Waals surface area contributed by atoms with Gasteiger partial charge in [0, 0.05) is 13.6 Å². The van der Waals surface area contributed by atoms with E-state index in [1.807, 2.05) is 25.1 Å². The maximum absolute atomic E-state index is 12.5. The first-order chi connectivity index (χ1) is 9.09. The van der Waals surface area contributed by atoms with Crippen LogP contribution in [-0.4, -0.2) is 22.2 Å². The van der Waals surface area contributed by atoms with Crippen LogP contribution >= 0.6 is 0 Å². The van der Waals surface area contributed by atoms with Crippen LogP contribution in [0.2, 0.25) is 0 Å². The zero-order valence-corrected chi connectivity index (χ0v) is 11.1. The van der Waals surface area contributed by atoms with Gasteiger partial charge in [-0.1, -0.05) is 6.07 Å². The quantitative estimate of drug-likeness (QED) is 0.813. The van der Waals surface area contributed by atoms with Crippen molar-refractivity contribution in [3.8, 4) is 0 Å². The van der Waals surface area contributed by atoms with Gasteiger partial charge in [-0.2, -0.15) is 0 Å². The molecule has 1 fully saturated rings. The Morgan fingerprint density at radius 3 is 2.79 bits per heavy atom. The average molecular weight is 259 g/mol. The zero-order valence-electron chi connectivity index (χ0n) is 11.1. The molecule has 1 atom stereocenters. The number of benzene rings is 1. The lowest BCUT2D eigenvalue weighted by Gasteiger charge is -2.15. The second-order valence-electron chi connectivity index (χ2n) is 5.18. The minimum Gasteiger partial charge on any atom is -0.315 e. The summed E-state index contributed by atoms with van der Waals surface area (Å²) in [4.78, 5) is 24.9. The zero-order chi connectivity index (χ0) is 13.6. The molecule has 2 heterocycles. The Kier molecular flexibility index (Phi) is 2.78. The molecule has 1 unspecified atom stereocenters. The maximum atomic E-state index is 12.5. The van der Waals surface area contributed by atoms with Crippen LogP contribution in [0.15, 0.2) is 27.8 Å². The summed E-state index contributed by atoms with van der Waals surface area (Å²) < 4.78 is 2.97. The normalized spacial score (nSPS) is 19.2. The molecule has 1 N–H and O–H groups in total. The topological polar surface area (TPSA) is 56.0 Å². The van der Waals surface area contributed by atoms with Gasteiger partial charge in [-0.3, -0.25) is 13.9 Å². The van der Waals surface area contributed by atoms with Crippen LogP contribution in [0.4, 0.5) is 0 Å². The van der Waals surface area contributed by atoms with Crippen molar-refractivity contribution in [2.75, 3.05) is 13.1 Å². The number of hydrogen-bond donors (Lipinski definition) is 1. The summed E-state index contributed by atoms with van der Waals surface area (Å²) in [7, 11) is 1.72. The highest BCUT2D eigenvalue weighted by Crippen LogP contribution is 2.14. The minimum absolute atomic E-state index is 0.0306. The third kappa shape index (κ3) is 1.81. The molecule has 0 bridgehead atoms. The molecular weight excluding hydrogens is 242 g/mol. The third-order valence-electron chi connectivity index (χ3n) is 3.86. The summed E-state index contributed by atoms with van der Waals surface area (Å²) >= 11 is 0. The molecule has 5 heteroatoms. The van der Waals surface area contributed by atoms with Gasteiger partial charge in [0.2, 0.25) is 0 Å². The minimum atomic E-state index is -0.225. The van der Waals surface area contributed by atoms with E-state index in [-0.39, 0.29) is 17.3 Å². The summed E-state index contributed by atoms with van der Waals surface area (Å²) in [6, 6.07) is 5.57. The smallest absolute Gasteiger partial charge is 0.315 e. The van der Waals surface area contributed by atoms with Crippen LogP contribution in [0.1, 0.15) is 18.0 Å². The van der Waals surface area contributed by atoms with E-state index in [4.69, 9.17) is 0 Å². The highest BCUT2D eigenvalue weighted by Gasteiger charge is 2.22. The van der Waals surface area contributed by atoms with E-state index in [0.29, 0.717) is 17.4 Å². The van der Waals surface area contributed by atoms with E-state index in [1.165, 1.54) is 4.57 Å². The summed E-state index contributed by atoms with van der Waals surface area (Å²) in [6.07, 6.45) is 0.826. The molecule has 0 aliphatic carbocycles. The molecule has 2 aromatic rings. The Bertz CT molecular complexity index is 752. The van der Waals surface area contributed by atoms with Gasteiger partial charge >= 0.3 is 5.69 Å². The van der Waals surface area contributed by atoms with Gasteiger partial charge < -0.3 is 5.32 Å². The Labute approximate surface area is 110 Å². The van der Waals surface area contributed by atoms with Crippen molar-refractivity contribution in [3.63, 3.8) is 0 Å². The van der Waals surface area contributed by atoms with Gasteiger partial charge in [-0.25, -0.2) is 4.79 Å².